The number of aliphatic hydroxyl groups is 1. The summed E-state index contributed by atoms with van der Waals surface area (Å²) in [6, 6.07) is 0.0655. The summed E-state index contributed by atoms with van der Waals surface area (Å²) in [5.41, 5.74) is 0. The normalized spacial score (nSPS) is 20.9. The van der Waals surface area contributed by atoms with Crippen LogP contribution in [-0.2, 0) is 4.79 Å². The lowest BCUT2D eigenvalue weighted by molar-refractivity contribution is -0.139. The lowest BCUT2D eigenvalue weighted by atomic mass is 10.1. The number of carbonyl (C=O) groups excluding carboxylic acids is 1. The lowest BCUT2D eigenvalue weighted by Crippen LogP contribution is -2.51. The molecule has 1 aliphatic rings. The zero-order valence-electron chi connectivity index (χ0n) is 12.9. The van der Waals surface area contributed by atoms with Crippen molar-refractivity contribution in [2.24, 2.45) is 0 Å². The van der Waals surface area contributed by atoms with Gasteiger partial charge in [-0.3, -0.25) is 9.69 Å². The number of likely N-dealkylation sites (tertiary alicyclic amines) is 1. The molecule has 1 aliphatic heterocycles. The number of amides is 1. The van der Waals surface area contributed by atoms with Gasteiger partial charge >= 0.3 is 0 Å². The predicted molar refractivity (Wildman–Crippen MR) is 78.0 cm³/mol. The Bertz CT molecular complexity index is 271. The maximum atomic E-state index is 12.6. The third-order valence-corrected chi connectivity index (χ3v) is 3.91. The predicted octanol–water partition coefficient (Wildman–Crippen LogP) is 1.87. The molecule has 0 saturated carbocycles. The van der Waals surface area contributed by atoms with Crippen molar-refractivity contribution in [3.8, 4) is 0 Å². The van der Waals surface area contributed by atoms with Crippen LogP contribution in [0.25, 0.3) is 0 Å². The molecule has 2 atom stereocenters. The minimum absolute atomic E-state index is 0.0701. The molecule has 1 fully saturated rings. The molecule has 0 aromatic rings. The molecule has 0 aromatic heterocycles. The highest BCUT2D eigenvalue weighted by molar-refractivity contribution is 5.81. The van der Waals surface area contributed by atoms with Gasteiger partial charge in [0.25, 0.3) is 0 Å². The fourth-order valence-electron chi connectivity index (χ4n) is 2.72. The van der Waals surface area contributed by atoms with Gasteiger partial charge in [-0.15, -0.1) is 0 Å². The van der Waals surface area contributed by atoms with Crippen LogP contribution in [-0.4, -0.2) is 58.6 Å². The largest absolute Gasteiger partial charge is 0.392 e. The van der Waals surface area contributed by atoms with E-state index < -0.39 is 6.10 Å². The molecule has 4 heteroatoms. The van der Waals surface area contributed by atoms with E-state index in [9.17, 15) is 9.90 Å². The van der Waals surface area contributed by atoms with E-state index in [1.165, 1.54) is 25.7 Å². The van der Waals surface area contributed by atoms with E-state index in [0.717, 1.165) is 13.1 Å². The number of rotatable bonds is 5. The van der Waals surface area contributed by atoms with Crippen molar-refractivity contribution in [1.29, 1.82) is 0 Å². The first-order valence-corrected chi connectivity index (χ1v) is 7.66. The van der Waals surface area contributed by atoms with Crippen LogP contribution in [0.15, 0.2) is 0 Å². The van der Waals surface area contributed by atoms with Gasteiger partial charge in [0.1, 0.15) is 0 Å². The Kier molecular flexibility index (Phi) is 6.80. The van der Waals surface area contributed by atoms with E-state index in [1.807, 2.05) is 20.8 Å². The molecule has 1 saturated heterocycles. The molecular formula is C15H30N2O2. The van der Waals surface area contributed by atoms with Crippen LogP contribution in [0.4, 0.5) is 0 Å². The number of hydrogen-bond donors (Lipinski definition) is 1. The van der Waals surface area contributed by atoms with E-state index in [-0.39, 0.29) is 18.0 Å². The average Bonchev–Trinajstić information content (AvgIpc) is 2.62. The second-order valence-corrected chi connectivity index (χ2v) is 6.06. The Balaban J connectivity index is 2.65. The maximum absolute atomic E-state index is 12.6. The SMILES string of the molecule is CC(O)CN(C(=O)C(C)N1CCCCCC1)C(C)C. The zero-order chi connectivity index (χ0) is 14.4. The van der Waals surface area contributed by atoms with Gasteiger partial charge < -0.3 is 10.0 Å². The summed E-state index contributed by atoms with van der Waals surface area (Å²) in [6.07, 6.45) is 4.46. The second-order valence-electron chi connectivity index (χ2n) is 6.06. The Morgan fingerprint density at radius 3 is 2.05 bits per heavy atom. The lowest BCUT2D eigenvalue weighted by Gasteiger charge is -2.35. The number of aliphatic hydroxyl groups excluding tert-OH is 1. The third-order valence-electron chi connectivity index (χ3n) is 3.91. The van der Waals surface area contributed by atoms with Gasteiger partial charge in [0.05, 0.1) is 12.1 Å². The fraction of sp³-hybridized carbons (Fsp3) is 0.933. The van der Waals surface area contributed by atoms with Gasteiger partial charge in [0.2, 0.25) is 5.91 Å². The van der Waals surface area contributed by atoms with Crippen LogP contribution < -0.4 is 0 Å². The van der Waals surface area contributed by atoms with Gasteiger partial charge in [0.15, 0.2) is 0 Å². The molecule has 1 N–H and O–H groups in total. The van der Waals surface area contributed by atoms with Gasteiger partial charge in [-0.2, -0.15) is 0 Å². The molecule has 4 nitrogen and oxygen atoms in total. The van der Waals surface area contributed by atoms with E-state index in [4.69, 9.17) is 0 Å². The summed E-state index contributed by atoms with van der Waals surface area (Å²) in [7, 11) is 0. The maximum Gasteiger partial charge on any atom is 0.239 e. The minimum atomic E-state index is -0.470. The fourth-order valence-corrected chi connectivity index (χ4v) is 2.72. The van der Waals surface area contributed by atoms with E-state index in [0.29, 0.717) is 6.54 Å². The van der Waals surface area contributed by atoms with Crippen molar-refractivity contribution in [3.63, 3.8) is 0 Å². The highest BCUT2D eigenvalue weighted by atomic mass is 16.3. The topological polar surface area (TPSA) is 43.8 Å². The van der Waals surface area contributed by atoms with E-state index in [2.05, 4.69) is 4.90 Å². The summed E-state index contributed by atoms with van der Waals surface area (Å²) in [5.74, 6) is 0.151. The molecule has 0 aromatic carbocycles. The van der Waals surface area contributed by atoms with Crippen molar-refractivity contribution < 1.29 is 9.90 Å². The number of carbonyl (C=O) groups is 1. The first kappa shape index (κ1) is 16.4. The van der Waals surface area contributed by atoms with Crippen molar-refractivity contribution in [3.05, 3.63) is 0 Å². The summed E-state index contributed by atoms with van der Waals surface area (Å²) >= 11 is 0. The third kappa shape index (κ3) is 5.11. The molecule has 1 heterocycles. The van der Waals surface area contributed by atoms with Crippen LogP contribution in [0.3, 0.4) is 0 Å². The van der Waals surface area contributed by atoms with Crippen molar-refractivity contribution in [2.45, 2.75) is 71.6 Å². The Hall–Kier alpha value is -0.610. The number of nitrogens with zero attached hydrogens (tertiary/aromatic N) is 2. The standard InChI is InChI=1S/C15H30N2O2/c1-12(2)17(11-13(3)18)15(19)14(4)16-9-7-5-6-8-10-16/h12-14,18H,5-11H2,1-4H3. The number of hydrogen-bond acceptors (Lipinski definition) is 3. The van der Waals surface area contributed by atoms with Gasteiger partial charge in [0, 0.05) is 12.6 Å². The van der Waals surface area contributed by atoms with Gasteiger partial charge in [-0.25, -0.2) is 0 Å². The van der Waals surface area contributed by atoms with Crippen LogP contribution in [0.5, 0.6) is 0 Å². The molecule has 0 spiro atoms. The second kappa shape index (κ2) is 7.85. The monoisotopic (exact) mass is 270 g/mol. The molecule has 0 bridgehead atoms. The molecule has 0 aliphatic carbocycles. The molecule has 1 amide bonds. The quantitative estimate of drug-likeness (QED) is 0.829. The van der Waals surface area contributed by atoms with Crippen molar-refractivity contribution in [1.82, 2.24) is 9.80 Å². The molecular weight excluding hydrogens is 240 g/mol. The Morgan fingerprint density at radius 1 is 1.11 bits per heavy atom. The summed E-state index contributed by atoms with van der Waals surface area (Å²) in [5, 5.41) is 9.55. The van der Waals surface area contributed by atoms with Gasteiger partial charge in [-0.05, 0) is 53.6 Å². The molecule has 1 rings (SSSR count). The first-order valence-electron chi connectivity index (χ1n) is 7.66. The van der Waals surface area contributed by atoms with Crippen LogP contribution in [0.1, 0.15) is 53.4 Å². The Morgan fingerprint density at radius 2 is 1.63 bits per heavy atom. The molecule has 2 unspecified atom stereocenters. The Labute approximate surface area is 117 Å². The zero-order valence-corrected chi connectivity index (χ0v) is 12.9. The van der Waals surface area contributed by atoms with Crippen molar-refractivity contribution in [2.75, 3.05) is 19.6 Å². The highest BCUT2D eigenvalue weighted by Gasteiger charge is 2.28. The summed E-state index contributed by atoms with van der Waals surface area (Å²) in [6.45, 7) is 10.2. The summed E-state index contributed by atoms with van der Waals surface area (Å²) < 4.78 is 0. The van der Waals surface area contributed by atoms with Crippen molar-refractivity contribution >= 4 is 5.91 Å². The smallest absolute Gasteiger partial charge is 0.239 e. The molecule has 112 valence electrons. The van der Waals surface area contributed by atoms with E-state index >= 15 is 0 Å². The van der Waals surface area contributed by atoms with E-state index in [1.54, 1.807) is 11.8 Å². The first-order chi connectivity index (χ1) is 8.93. The highest BCUT2D eigenvalue weighted by Crippen LogP contribution is 2.15. The van der Waals surface area contributed by atoms with Crippen LogP contribution in [0.2, 0.25) is 0 Å². The average molecular weight is 270 g/mol. The van der Waals surface area contributed by atoms with Crippen LogP contribution in [0, 0.1) is 0 Å². The van der Waals surface area contributed by atoms with Crippen LogP contribution >= 0.6 is 0 Å². The van der Waals surface area contributed by atoms with Gasteiger partial charge in [-0.1, -0.05) is 12.8 Å². The molecule has 19 heavy (non-hydrogen) atoms. The summed E-state index contributed by atoms with van der Waals surface area (Å²) in [4.78, 5) is 16.7. The molecule has 0 radical (unpaired) electrons. The minimum Gasteiger partial charge on any atom is -0.392 e.